The second-order valence-corrected chi connectivity index (χ2v) is 3.99. The second kappa shape index (κ2) is 5.58. The predicted octanol–water partition coefficient (Wildman–Crippen LogP) is 0.361. The Kier molecular flexibility index (Phi) is 4.70. The number of nitrogens with zero attached hydrogens (tertiary/aromatic N) is 2. The van der Waals surface area contributed by atoms with Crippen LogP contribution in [0, 0.1) is 0 Å². The third-order valence-electron chi connectivity index (χ3n) is 3.01. The summed E-state index contributed by atoms with van der Waals surface area (Å²) in [7, 11) is 2.23. The number of hydrogen-bond donors (Lipinski definition) is 1. The van der Waals surface area contributed by atoms with E-state index in [0.29, 0.717) is 0 Å². The van der Waals surface area contributed by atoms with Gasteiger partial charge in [-0.15, -0.1) is 0 Å². The molecule has 0 aliphatic carbocycles. The van der Waals surface area contributed by atoms with E-state index in [-0.39, 0.29) is 0 Å². The van der Waals surface area contributed by atoms with Gasteiger partial charge in [0.1, 0.15) is 0 Å². The normalized spacial score (nSPS) is 26.5. The monoisotopic (exact) mass is 185 g/mol. The van der Waals surface area contributed by atoms with E-state index >= 15 is 0 Å². The molecule has 0 aromatic heterocycles. The van der Waals surface area contributed by atoms with Crippen molar-refractivity contribution >= 4 is 0 Å². The van der Waals surface area contributed by atoms with E-state index in [1.165, 1.54) is 32.6 Å². The molecule has 0 bridgehead atoms. The van der Waals surface area contributed by atoms with E-state index in [1.807, 2.05) is 0 Å². The molecular weight excluding hydrogens is 162 g/mol. The van der Waals surface area contributed by atoms with Gasteiger partial charge in [-0.25, -0.2) is 0 Å². The van der Waals surface area contributed by atoms with Crippen LogP contribution >= 0.6 is 0 Å². The lowest BCUT2D eigenvalue weighted by Crippen LogP contribution is -2.51. The zero-order chi connectivity index (χ0) is 9.68. The SMILES string of the molecule is CCC1CN(CCCN)CCN1C. The lowest BCUT2D eigenvalue weighted by atomic mass is 10.1. The molecule has 1 atom stereocenters. The van der Waals surface area contributed by atoms with E-state index in [9.17, 15) is 0 Å². The maximum absolute atomic E-state index is 5.50. The number of rotatable bonds is 4. The van der Waals surface area contributed by atoms with Gasteiger partial charge in [-0.1, -0.05) is 6.92 Å². The summed E-state index contributed by atoms with van der Waals surface area (Å²) < 4.78 is 0. The van der Waals surface area contributed by atoms with Gasteiger partial charge in [0.05, 0.1) is 0 Å². The average molecular weight is 185 g/mol. The number of hydrogen-bond acceptors (Lipinski definition) is 3. The molecule has 2 N–H and O–H groups in total. The predicted molar refractivity (Wildman–Crippen MR) is 56.8 cm³/mol. The van der Waals surface area contributed by atoms with Crippen LogP contribution in [0.15, 0.2) is 0 Å². The first-order valence-electron chi connectivity index (χ1n) is 5.40. The summed E-state index contributed by atoms with van der Waals surface area (Å²) in [6, 6.07) is 0.756. The van der Waals surface area contributed by atoms with Crippen LogP contribution in [0.3, 0.4) is 0 Å². The zero-order valence-electron chi connectivity index (χ0n) is 9.00. The molecule has 0 spiro atoms. The third kappa shape index (κ3) is 3.25. The Morgan fingerprint density at radius 3 is 2.77 bits per heavy atom. The van der Waals surface area contributed by atoms with Gasteiger partial charge in [-0.05, 0) is 33.0 Å². The van der Waals surface area contributed by atoms with Crippen molar-refractivity contribution in [2.45, 2.75) is 25.8 Å². The van der Waals surface area contributed by atoms with E-state index in [4.69, 9.17) is 5.73 Å². The van der Waals surface area contributed by atoms with Crippen LogP contribution in [0.2, 0.25) is 0 Å². The molecule has 0 saturated carbocycles. The minimum absolute atomic E-state index is 0.756. The highest BCUT2D eigenvalue weighted by atomic mass is 15.3. The van der Waals surface area contributed by atoms with Gasteiger partial charge in [-0.3, -0.25) is 0 Å². The van der Waals surface area contributed by atoms with Gasteiger partial charge in [0, 0.05) is 25.7 Å². The second-order valence-electron chi connectivity index (χ2n) is 3.99. The molecule has 0 aromatic carbocycles. The van der Waals surface area contributed by atoms with Gasteiger partial charge in [0.2, 0.25) is 0 Å². The fourth-order valence-corrected chi connectivity index (χ4v) is 1.97. The molecule has 1 unspecified atom stereocenters. The molecule has 0 radical (unpaired) electrons. The summed E-state index contributed by atoms with van der Waals surface area (Å²) in [6.45, 7) is 7.93. The molecule has 1 heterocycles. The van der Waals surface area contributed by atoms with E-state index in [1.54, 1.807) is 0 Å². The Labute approximate surface area is 81.9 Å². The van der Waals surface area contributed by atoms with Crippen molar-refractivity contribution in [2.75, 3.05) is 39.8 Å². The van der Waals surface area contributed by atoms with Gasteiger partial charge < -0.3 is 15.5 Å². The number of likely N-dealkylation sites (N-methyl/N-ethyl adjacent to an activating group) is 1. The van der Waals surface area contributed by atoms with Crippen molar-refractivity contribution in [3.8, 4) is 0 Å². The third-order valence-corrected chi connectivity index (χ3v) is 3.01. The van der Waals surface area contributed by atoms with E-state index in [2.05, 4.69) is 23.8 Å². The molecule has 0 amide bonds. The van der Waals surface area contributed by atoms with Crippen molar-refractivity contribution in [1.29, 1.82) is 0 Å². The van der Waals surface area contributed by atoms with Gasteiger partial charge >= 0.3 is 0 Å². The average Bonchev–Trinajstić information content (AvgIpc) is 2.16. The smallest absolute Gasteiger partial charge is 0.0218 e. The molecule has 78 valence electrons. The van der Waals surface area contributed by atoms with Gasteiger partial charge in [-0.2, -0.15) is 0 Å². The molecule has 1 rings (SSSR count). The largest absolute Gasteiger partial charge is 0.330 e. The number of piperazine rings is 1. The Morgan fingerprint density at radius 2 is 2.15 bits per heavy atom. The standard InChI is InChI=1S/C10H23N3/c1-3-10-9-13(6-4-5-11)8-7-12(10)2/h10H,3-9,11H2,1-2H3. The minimum Gasteiger partial charge on any atom is -0.330 e. The van der Waals surface area contributed by atoms with Gasteiger partial charge in [0.15, 0.2) is 0 Å². The Bertz CT molecular complexity index is 136. The highest BCUT2D eigenvalue weighted by Gasteiger charge is 2.21. The van der Waals surface area contributed by atoms with Crippen molar-refractivity contribution in [1.82, 2.24) is 9.80 Å². The maximum atomic E-state index is 5.50. The maximum Gasteiger partial charge on any atom is 0.0218 e. The molecule has 1 fully saturated rings. The molecule has 0 aromatic rings. The molecule has 13 heavy (non-hydrogen) atoms. The molecule has 1 saturated heterocycles. The summed E-state index contributed by atoms with van der Waals surface area (Å²) in [5.74, 6) is 0. The van der Waals surface area contributed by atoms with Crippen LogP contribution in [0.5, 0.6) is 0 Å². The molecule has 1 aliphatic rings. The highest BCUT2D eigenvalue weighted by Crippen LogP contribution is 2.10. The molecule has 1 aliphatic heterocycles. The van der Waals surface area contributed by atoms with E-state index < -0.39 is 0 Å². The Hall–Kier alpha value is -0.120. The minimum atomic E-state index is 0.756. The first kappa shape index (κ1) is 11.0. The Balaban J connectivity index is 2.27. The molecule has 3 heteroatoms. The van der Waals surface area contributed by atoms with Crippen molar-refractivity contribution in [3.05, 3.63) is 0 Å². The number of nitrogens with two attached hydrogens (primary N) is 1. The van der Waals surface area contributed by atoms with Crippen LogP contribution in [0.25, 0.3) is 0 Å². The van der Waals surface area contributed by atoms with Crippen molar-refractivity contribution in [2.24, 2.45) is 5.73 Å². The van der Waals surface area contributed by atoms with Gasteiger partial charge in [0.25, 0.3) is 0 Å². The van der Waals surface area contributed by atoms with Crippen molar-refractivity contribution in [3.63, 3.8) is 0 Å². The summed E-state index contributed by atoms with van der Waals surface area (Å²) in [5, 5.41) is 0. The zero-order valence-corrected chi connectivity index (χ0v) is 9.00. The first-order chi connectivity index (χ1) is 6.27. The van der Waals surface area contributed by atoms with Crippen LogP contribution in [0.4, 0.5) is 0 Å². The summed E-state index contributed by atoms with van der Waals surface area (Å²) in [5.41, 5.74) is 5.50. The van der Waals surface area contributed by atoms with Crippen LogP contribution in [-0.2, 0) is 0 Å². The van der Waals surface area contributed by atoms with Crippen LogP contribution in [0.1, 0.15) is 19.8 Å². The lowest BCUT2D eigenvalue weighted by molar-refractivity contribution is 0.0929. The molecular formula is C10H23N3. The van der Waals surface area contributed by atoms with Crippen molar-refractivity contribution < 1.29 is 0 Å². The quantitative estimate of drug-likeness (QED) is 0.686. The Morgan fingerprint density at radius 1 is 1.38 bits per heavy atom. The summed E-state index contributed by atoms with van der Waals surface area (Å²) in [6.07, 6.45) is 2.40. The van der Waals surface area contributed by atoms with Crippen LogP contribution < -0.4 is 5.73 Å². The highest BCUT2D eigenvalue weighted by molar-refractivity contribution is 4.78. The summed E-state index contributed by atoms with van der Waals surface area (Å²) in [4.78, 5) is 5.01. The fraction of sp³-hybridized carbons (Fsp3) is 1.00. The lowest BCUT2D eigenvalue weighted by Gasteiger charge is -2.39. The van der Waals surface area contributed by atoms with Crippen LogP contribution in [-0.4, -0.2) is 55.6 Å². The topological polar surface area (TPSA) is 32.5 Å². The fourth-order valence-electron chi connectivity index (χ4n) is 1.97. The van der Waals surface area contributed by atoms with E-state index in [0.717, 1.165) is 19.0 Å². The molecule has 3 nitrogen and oxygen atoms in total. The first-order valence-corrected chi connectivity index (χ1v) is 5.40. The summed E-state index contributed by atoms with van der Waals surface area (Å²) >= 11 is 0.